The Kier molecular flexibility index (Phi) is 18.3. The van der Waals surface area contributed by atoms with Crippen LogP contribution < -0.4 is 0 Å². The van der Waals surface area contributed by atoms with E-state index in [0.717, 1.165) is 11.8 Å². The van der Waals surface area contributed by atoms with E-state index in [1.165, 1.54) is 109 Å². The number of hydrogen-bond acceptors (Lipinski definition) is 0. The quantitative estimate of drug-likeness (QED) is 0.221. The summed E-state index contributed by atoms with van der Waals surface area (Å²) in [5.74, 6) is 2.05. The van der Waals surface area contributed by atoms with E-state index in [9.17, 15) is 0 Å². The highest BCUT2D eigenvalue weighted by Gasteiger charge is 2.15. The zero-order valence-corrected chi connectivity index (χ0v) is 17.2. The van der Waals surface area contributed by atoms with Crippen LogP contribution in [0.25, 0.3) is 0 Å². The summed E-state index contributed by atoms with van der Waals surface area (Å²) in [5.41, 5.74) is 0. The molecule has 0 aliphatic rings. The fourth-order valence-corrected chi connectivity index (χ4v) is 4.04. The first-order valence-electron chi connectivity index (χ1n) is 11.3. The molecule has 0 saturated heterocycles. The highest BCUT2D eigenvalue weighted by atomic mass is 14.2. The van der Waals surface area contributed by atoms with E-state index < -0.39 is 0 Å². The first kappa shape index (κ1) is 23.0. The fraction of sp³-hybridized carbons (Fsp3) is 1.00. The standard InChI is InChI=1S/C23H48/c1-5-9-12-13-16-20-23(19-15-11-7-3)21-22(17-8-4)18-14-10-6-2/h22-23H,5-21H2,1-4H3. The van der Waals surface area contributed by atoms with Crippen LogP contribution in [0.3, 0.4) is 0 Å². The predicted molar refractivity (Wildman–Crippen MR) is 108 cm³/mol. The lowest BCUT2D eigenvalue weighted by Gasteiger charge is -2.24. The van der Waals surface area contributed by atoms with Crippen molar-refractivity contribution in [3.63, 3.8) is 0 Å². The van der Waals surface area contributed by atoms with E-state index in [0.29, 0.717) is 0 Å². The van der Waals surface area contributed by atoms with E-state index in [2.05, 4.69) is 27.7 Å². The van der Waals surface area contributed by atoms with Crippen molar-refractivity contribution in [1.82, 2.24) is 0 Å². The van der Waals surface area contributed by atoms with E-state index >= 15 is 0 Å². The number of unbranched alkanes of at least 4 members (excludes halogenated alkanes) is 8. The minimum absolute atomic E-state index is 1.02. The molecule has 2 atom stereocenters. The summed E-state index contributed by atoms with van der Waals surface area (Å²) in [5, 5.41) is 0. The molecule has 0 heterocycles. The molecule has 0 rings (SSSR count). The first-order valence-corrected chi connectivity index (χ1v) is 11.3. The minimum atomic E-state index is 1.02. The molecular weight excluding hydrogens is 276 g/mol. The maximum atomic E-state index is 2.38. The van der Waals surface area contributed by atoms with Crippen molar-refractivity contribution in [3.05, 3.63) is 0 Å². The smallest absolute Gasteiger partial charge is 0.0412 e. The van der Waals surface area contributed by atoms with Gasteiger partial charge in [-0.15, -0.1) is 0 Å². The maximum absolute atomic E-state index is 2.38. The van der Waals surface area contributed by atoms with Gasteiger partial charge >= 0.3 is 0 Å². The molecule has 0 aromatic rings. The van der Waals surface area contributed by atoms with Crippen LogP contribution in [0, 0.1) is 11.8 Å². The zero-order chi connectivity index (χ0) is 17.2. The van der Waals surface area contributed by atoms with Gasteiger partial charge in [0.05, 0.1) is 0 Å². The Morgan fingerprint density at radius 3 is 1.26 bits per heavy atom. The van der Waals surface area contributed by atoms with Gasteiger partial charge in [-0.2, -0.15) is 0 Å². The average Bonchev–Trinajstić information content (AvgIpc) is 2.55. The molecule has 0 aromatic carbocycles. The fourth-order valence-electron chi connectivity index (χ4n) is 4.04. The molecule has 0 heteroatoms. The second kappa shape index (κ2) is 18.3. The van der Waals surface area contributed by atoms with Gasteiger partial charge in [-0.25, -0.2) is 0 Å². The SMILES string of the molecule is CCCCCCCC(CCCCC)CC(CCC)CCCCC. The van der Waals surface area contributed by atoms with Gasteiger partial charge in [-0.05, 0) is 18.3 Å². The number of rotatable bonds is 18. The zero-order valence-electron chi connectivity index (χ0n) is 17.2. The van der Waals surface area contributed by atoms with Crippen LogP contribution in [0.1, 0.15) is 137 Å². The van der Waals surface area contributed by atoms with Crippen LogP contribution in [-0.4, -0.2) is 0 Å². The molecule has 0 saturated carbocycles. The lowest BCUT2D eigenvalue weighted by Crippen LogP contribution is -2.10. The molecule has 0 radical (unpaired) electrons. The highest BCUT2D eigenvalue weighted by molar-refractivity contribution is 4.68. The van der Waals surface area contributed by atoms with E-state index in [1.54, 1.807) is 0 Å². The van der Waals surface area contributed by atoms with Crippen molar-refractivity contribution in [3.8, 4) is 0 Å². The lowest BCUT2D eigenvalue weighted by atomic mass is 9.82. The molecule has 0 amide bonds. The van der Waals surface area contributed by atoms with Crippen molar-refractivity contribution in [2.45, 2.75) is 137 Å². The van der Waals surface area contributed by atoms with Crippen LogP contribution in [0.4, 0.5) is 0 Å². The molecule has 140 valence electrons. The van der Waals surface area contributed by atoms with Crippen LogP contribution in [-0.2, 0) is 0 Å². The molecule has 0 aliphatic heterocycles. The van der Waals surface area contributed by atoms with Crippen LogP contribution >= 0.6 is 0 Å². The van der Waals surface area contributed by atoms with Crippen molar-refractivity contribution < 1.29 is 0 Å². The van der Waals surface area contributed by atoms with Gasteiger partial charge in [0, 0.05) is 0 Å². The van der Waals surface area contributed by atoms with Crippen molar-refractivity contribution >= 4 is 0 Å². The summed E-state index contributed by atoms with van der Waals surface area (Å²) in [6.45, 7) is 9.37. The van der Waals surface area contributed by atoms with Crippen LogP contribution in [0.5, 0.6) is 0 Å². The molecule has 23 heavy (non-hydrogen) atoms. The van der Waals surface area contributed by atoms with Crippen LogP contribution in [0.15, 0.2) is 0 Å². The third-order valence-electron chi connectivity index (χ3n) is 5.51. The monoisotopic (exact) mass is 324 g/mol. The summed E-state index contributed by atoms with van der Waals surface area (Å²) < 4.78 is 0. The number of hydrogen-bond donors (Lipinski definition) is 0. The largest absolute Gasteiger partial charge is 0.0654 e. The molecule has 2 unspecified atom stereocenters. The Morgan fingerprint density at radius 1 is 0.391 bits per heavy atom. The second-order valence-electron chi connectivity index (χ2n) is 7.95. The Hall–Kier alpha value is 0. The third kappa shape index (κ3) is 15.3. The van der Waals surface area contributed by atoms with Gasteiger partial charge in [-0.3, -0.25) is 0 Å². The summed E-state index contributed by atoms with van der Waals surface area (Å²) in [6.07, 6.45) is 24.7. The summed E-state index contributed by atoms with van der Waals surface area (Å²) in [6, 6.07) is 0. The second-order valence-corrected chi connectivity index (χ2v) is 7.95. The van der Waals surface area contributed by atoms with Gasteiger partial charge in [0.25, 0.3) is 0 Å². The molecule has 0 N–H and O–H groups in total. The molecule has 0 aliphatic carbocycles. The Labute approximate surface area is 149 Å². The van der Waals surface area contributed by atoms with Crippen molar-refractivity contribution in [1.29, 1.82) is 0 Å². The van der Waals surface area contributed by atoms with Gasteiger partial charge in [0.15, 0.2) is 0 Å². The summed E-state index contributed by atoms with van der Waals surface area (Å²) >= 11 is 0. The lowest BCUT2D eigenvalue weighted by molar-refractivity contribution is 0.287. The van der Waals surface area contributed by atoms with Crippen molar-refractivity contribution in [2.75, 3.05) is 0 Å². The normalized spacial score (nSPS) is 14.1. The topological polar surface area (TPSA) is 0 Å². The molecule has 0 aromatic heterocycles. The highest BCUT2D eigenvalue weighted by Crippen LogP contribution is 2.30. The average molecular weight is 325 g/mol. The van der Waals surface area contributed by atoms with E-state index in [4.69, 9.17) is 0 Å². The maximum Gasteiger partial charge on any atom is -0.0412 e. The van der Waals surface area contributed by atoms with Crippen LogP contribution in [0.2, 0.25) is 0 Å². The van der Waals surface area contributed by atoms with Gasteiger partial charge in [0.2, 0.25) is 0 Å². The Bertz CT molecular complexity index is 208. The van der Waals surface area contributed by atoms with E-state index in [-0.39, 0.29) is 0 Å². The first-order chi connectivity index (χ1) is 11.3. The molecule has 0 nitrogen and oxygen atoms in total. The Balaban J connectivity index is 4.18. The predicted octanol–water partition coefficient (Wildman–Crippen LogP) is 8.93. The van der Waals surface area contributed by atoms with E-state index in [1.807, 2.05) is 0 Å². The molecular formula is C23H48. The molecule has 0 spiro atoms. The molecule has 0 fully saturated rings. The summed E-state index contributed by atoms with van der Waals surface area (Å²) in [4.78, 5) is 0. The third-order valence-corrected chi connectivity index (χ3v) is 5.51. The van der Waals surface area contributed by atoms with Crippen molar-refractivity contribution in [2.24, 2.45) is 11.8 Å². The van der Waals surface area contributed by atoms with Gasteiger partial charge < -0.3 is 0 Å². The van der Waals surface area contributed by atoms with Gasteiger partial charge in [-0.1, -0.05) is 130 Å². The molecule has 0 bridgehead atoms. The Morgan fingerprint density at radius 2 is 0.783 bits per heavy atom. The van der Waals surface area contributed by atoms with Gasteiger partial charge in [0.1, 0.15) is 0 Å². The minimum Gasteiger partial charge on any atom is -0.0654 e. The summed E-state index contributed by atoms with van der Waals surface area (Å²) in [7, 11) is 0.